The molecule has 1 aliphatic heterocycles. The van der Waals surface area contributed by atoms with Crippen molar-refractivity contribution in [3.63, 3.8) is 0 Å². The molecule has 1 unspecified atom stereocenters. The van der Waals surface area contributed by atoms with Crippen LogP contribution in [0.25, 0.3) is 0 Å². The number of benzene rings is 1. The van der Waals surface area contributed by atoms with Crippen LogP contribution in [0.4, 0.5) is 5.69 Å². The molecule has 1 aliphatic rings. The minimum atomic E-state index is 0.197. The SMILES string of the molecule is CCCCCCCC(Br)c1ccc2c(c1)CC(=O)N2C. The number of hydrogen-bond acceptors (Lipinski definition) is 1. The first kappa shape index (κ1) is 15.6. The maximum Gasteiger partial charge on any atom is 0.231 e. The zero-order valence-electron chi connectivity index (χ0n) is 12.5. The van der Waals surface area contributed by atoms with Crippen molar-refractivity contribution in [3.05, 3.63) is 29.3 Å². The Morgan fingerprint density at radius 2 is 2.00 bits per heavy atom. The molecule has 0 N–H and O–H groups in total. The molecule has 0 bridgehead atoms. The van der Waals surface area contributed by atoms with E-state index >= 15 is 0 Å². The molecule has 20 heavy (non-hydrogen) atoms. The van der Waals surface area contributed by atoms with Crippen molar-refractivity contribution in [3.8, 4) is 0 Å². The molecular formula is C17H24BrNO. The van der Waals surface area contributed by atoms with Crippen LogP contribution in [0.1, 0.15) is 61.4 Å². The number of alkyl halides is 1. The van der Waals surface area contributed by atoms with Gasteiger partial charge in [0.05, 0.1) is 6.42 Å². The molecule has 0 spiro atoms. The summed E-state index contributed by atoms with van der Waals surface area (Å²) in [6.07, 6.45) is 8.31. The predicted molar refractivity (Wildman–Crippen MR) is 88.6 cm³/mol. The Balaban J connectivity index is 1.90. The average molecular weight is 338 g/mol. The minimum Gasteiger partial charge on any atom is -0.315 e. The quantitative estimate of drug-likeness (QED) is 0.506. The molecule has 0 aromatic heterocycles. The number of fused-ring (bicyclic) bond motifs is 1. The number of anilines is 1. The number of likely N-dealkylation sites (N-methyl/N-ethyl adjacent to an activating group) is 1. The summed E-state index contributed by atoms with van der Waals surface area (Å²) in [6.45, 7) is 2.25. The van der Waals surface area contributed by atoms with E-state index < -0.39 is 0 Å². The molecule has 1 aromatic carbocycles. The first-order valence-corrected chi connectivity index (χ1v) is 8.58. The van der Waals surface area contributed by atoms with Crippen molar-refractivity contribution in [2.45, 2.75) is 56.7 Å². The van der Waals surface area contributed by atoms with E-state index in [-0.39, 0.29) is 5.91 Å². The van der Waals surface area contributed by atoms with E-state index in [1.807, 2.05) is 7.05 Å². The van der Waals surface area contributed by atoms with Gasteiger partial charge < -0.3 is 4.90 Å². The summed E-state index contributed by atoms with van der Waals surface area (Å²) in [6, 6.07) is 6.43. The van der Waals surface area contributed by atoms with Gasteiger partial charge in [-0.3, -0.25) is 4.79 Å². The summed E-state index contributed by atoms with van der Waals surface area (Å²) < 4.78 is 0. The molecule has 3 heteroatoms. The second kappa shape index (κ2) is 7.26. The standard InChI is InChI=1S/C17H24BrNO/c1-3-4-5-6-7-8-15(18)13-9-10-16-14(11-13)12-17(20)19(16)2/h9-11,15H,3-8,12H2,1-2H3. The molecule has 1 heterocycles. The number of carbonyl (C=O) groups is 1. The summed E-state index contributed by atoms with van der Waals surface area (Å²) in [5, 5.41) is 0. The smallest absolute Gasteiger partial charge is 0.231 e. The molecule has 0 saturated heterocycles. The summed E-state index contributed by atoms with van der Waals surface area (Å²) in [5.41, 5.74) is 3.55. The van der Waals surface area contributed by atoms with Gasteiger partial charge in [0.1, 0.15) is 0 Å². The summed E-state index contributed by atoms with van der Waals surface area (Å²) in [7, 11) is 1.85. The van der Waals surface area contributed by atoms with Gasteiger partial charge in [-0.25, -0.2) is 0 Å². The Morgan fingerprint density at radius 1 is 1.25 bits per heavy atom. The largest absolute Gasteiger partial charge is 0.315 e. The Kier molecular flexibility index (Phi) is 5.64. The average Bonchev–Trinajstić information content (AvgIpc) is 2.73. The fraction of sp³-hybridized carbons (Fsp3) is 0.588. The van der Waals surface area contributed by atoms with Crippen molar-refractivity contribution in [1.29, 1.82) is 0 Å². The summed E-state index contributed by atoms with van der Waals surface area (Å²) >= 11 is 3.80. The van der Waals surface area contributed by atoms with Crippen LogP contribution in [-0.4, -0.2) is 13.0 Å². The molecule has 1 aromatic rings. The zero-order chi connectivity index (χ0) is 14.5. The molecule has 0 saturated carbocycles. The van der Waals surface area contributed by atoms with Crippen molar-refractivity contribution in [1.82, 2.24) is 0 Å². The highest BCUT2D eigenvalue weighted by Crippen LogP contribution is 2.34. The Bertz CT molecular complexity index is 472. The van der Waals surface area contributed by atoms with Gasteiger partial charge in [0, 0.05) is 17.6 Å². The normalized spacial score (nSPS) is 15.6. The van der Waals surface area contributed by atoms with Crippen LogP contribution < -0.4 is 4.90 Å². The van der Waals surface area contributed by atoms with E-state index in [2.05, 4.69) is 41.1 Å². The van der Waals surface area contributed by atoms with Crippen LogP contribution >= 0.6 is 15.9 Å². The lowest BCUT2D eigenvalue weighted by Gasteiger charge is -2.13. The minimum absolute atomic E-state index is 0.197. The zero-order valence-corrected chi connectivity index (χ0v) is 14.1. The molecule has 0 aliphatic carbocycles. The lowest BCUT2D eigenvalue weighted by molar-refractivity contribution is -0.117. The molecule has 110 valence electrons. The maximum atomic E-state index is 11.7. The van der Waals surface area contributed by atoms with Crippen LogP contribution in [0.15, 0.2) is 18.2 Å². The number of unbranched alkanes of at least 4 members (excludes halogenated alkanes) is 4. The Labute approximate surface area is 130 Å². The fourth-order valence-electron chi connectivity index (χ4n) is 2.78. The number of nitrogens with zero attached hydrogens (tertiary/aromatic N) is 1. The van der Waals surface area contributed by atoms with E-state index in [0.29, 0.717) is 11.2 Å². The topological polar surface area (TPSA) is 20.3 Å². The second-order valence-electron chi connectivity index (χ2n) is 5.69. The Morgan fingerprint density at radius 3 is 2.75 bits per heavy atom. The fourth-order valence-corrected chi connectivity index (χ4v) is 3.39. The highest BCUT2D eigenvalue weighted by atomic mass is 79.9. The predicted octanol–water partition coefficient (Wildman–Crippen LogP) is 5.00. The van der Waals surface area contributed by atoms with Crippen LogP contribution in [0, 0.1) is 0 Å². The van der Waals surface area contributed by atoms with Gasteiger partial charge in [-0.15, -0.1) is 0 Å². The second-order valence-corrected chi connectivity index (χ2v) is 6.79. The van der Waals surface area contributed by atoms with E-state index in [9.17, 15) is 4.79 Å². The van der Waals surface area contributed by atoms with E-state index in [1.165, 1.54) is 49.7 Å². The van der Waals surface area contributed by atoms with Crippen molar-refractivity contribution in [2.75, 3.05) is 11.9 Å². The van der Waals surface area contributed by atoms with Crippen molar-refractivity contribution in [2.24, 2.45) is 0 Å². The van der Waals surface area contributed by atoms with Crippen LogP contribution in [0.5, 0.6) is 0 Å². The van der Waals surface area contributed by atoms with Gasteiger partial charge in [-0.1, -0.05) is 67.1 Å². The number of rotatable bonds is 7. The first-order valence-electron chi connectivity index (χ1n) is 7.67. The van der Waals surface area contributed by atoms with Gasteiger partial charge in [0.15, 0.2) is 0 Å². The van der Waals surface area contributed by atoms with Crippen LogP contribution in [-0.2, 0) is 11.2 Å². The van der Waals surface area contributed by atoms with Gasteiger partial charge >= 0.3 is 0 Å². The third-order valence-corrected chi connectivity index (χ3v) is 5.09. The highest BCUT2D eigenvalue weighted by Gasteiger charge is 2.24. The molecule has 1 amide bonds. The first-order chi connectivity index (χ1) is 9.63. The third-order valence-electron chi connectivity index (χ3n) is 4.10. The van der Waals surface area contributed by atoms with Crippen molar-refractivity contribution < 1.29 is 4.79 Å². The van der Waals surface area contributed by atoms with Gasteiger partial charge in [-0.2, -0.15) is 0 Å². The number of amides is 1. The molecule has 0 fully saturated rings. The van der Waals surface area contributed by atoms with Crippen molar-refractivity contribution >= 4 is 27.5 Å². The van der Waals surface area contributed by atoms with Crippen LogP contribution in [0.3, 0.4) is 0 Å². The summed E-state index contributed by atoms with van der Waals surface area (Å²) in [5.74, 6) is 0.197. The van der Waals surface area contributed by atoms with E-state index in [0.717, 1.165) is 5.69 Å². The maximum absolute atomic E-state index is 11.7. The number of carbonyl (C=O) groups excluding carboxylic acids is 1. The Hall–Kier alpha value is -0.830. The molecule has 2 rings (SSSR count). The van der Waals surface area contributed by atoms with Gasteiger partial charge in [0.2, 0.25) is 5.91 Å². The van der Waals surface area contributed by atoms with Crippen LogP contribution in [0.2, 0.25) is 0 Å². The monoisotopic (exact) mass is 337 g/mol. The highest BCUT2D eigenvalue weighted by molar-refractivity contribution is 9.09. The van der Waals surface area contributed by atoms with E-state index in [4.69, 9.17) is 0 Å². The number of halogens is 1. The lowest BCUT2D eigenvalue weighted by atomic mass is 10.0. The van der Waals surface area contributed by atoms with Gasteiger partial charge in [0.25, 0.3) is 0 Å². The molecule has 2 nitrogen and oxygen atoms in total. The molecular weight excluding hydrogens is 314 g/mol. The molecule has 1 atom stereocenters. The van der Waals surface area contributed by atoms with E-state index in [1.54, 1.807) is 4.90 Å². The number of hydrogen-bond donors (Lipinski definition) is 0. The third kappa shape index (κ3) is 3.63. The summed E-state index contributed by atoms with van der Waals surface area (Å²) in [4.78, 5) is 13.9. The molecule has 0 radical (unpaired) electrons. The lowest BCUT2D eigenvalue weighted by Crippen LogP contribution is -2.20. The van der Waals surface area contributed by atoms with Gasteiger partial charge in [-0.05, 0) is 23.6 Å².